The summed E-state index contributed by atoms with van der Waals surface area (Å²) in [6, 6.07) is 0.327. The van der Waals surface area contributed by atoms with E-state index in [-0.39, 0.29) is 5.41 Å². The van der Waals surface area contributed by atoms with Crippen LogP contribution in [0, 0.1) is 11.3 Å². The van der Waals surface area contributed by atoms with Crippen molar-refractivity contribution in [1.82, 2.24) is 5.43 Å². The second kappa shape index (κ2) is 5.10. The fourth-order valence-electron chi connectivity index (χ4n) is 2.00. The summed E-state index contributed by atoms with van der Waals surface area (Å²) < 4.78 is 0. The Balaban J connectivity index is 2.76. The van der Waals surface area contributed by atoms with Crippen molar-refractivity contribution < 1.29 is 0 Å². The van der Waals surface area contributed by atoms with Gasteiger partial charge in [-0.1, -0.05) is 45.6 Å². The van der Waals surface area contributed by atoms with E-state index in [4.69, 9.17) is 0 Å². The van der Waals surface area contributed by atoms with Crippen LogP contribution in [0.25, 0.3) is 0 Å². The molecule has 0 fully saturated rings. The molecule has 0 bridgehead atoms. The van der Waals surface area contributed by atoms with Gasteiger partial charge in [0.15, 0.2) is 0 Å². The summed E-state index contributed by atoms with van der Waals surface area (Å²) in [6.07, 6.45) is 6.82. The van der Waals surface area contributed by atoms with Crippen molar-refractivity contribution in [3.63, 3.8) is 0 Å². The fourth-order valence-corrected chi connectivity index (χ4v) is 2.00. The highest BCUT2D eigenvalue weighted by molar-refractivity contribution is 5.93. The quantitative estimate of drug-likeness (QED) is 0.431. The zero-order valence-corrected chi connectivity index (χ0v) is 10.4. The summed E-state index contributed by atoms with van der Waals surface area (Å²) in [5.74, 6) is 1.48. The number of hydrogen-bond acceptors (Lipinski definition) is 3. The number of amidine groups is 1. The monoisotopic (exact) mass is 219 g/mol. The Morgan fingerprint density at radius 1 is 1.62 bits per heavy atom. The molecule has 16 heavy (non-hydrogen) atoms. The summed E-state index contributed by atoms with van der Waals surface area (Å²) in [6.45, 7) is 13.7. The molecule has 0 aromatic rings. The molecule has 1 unspecified atom stereocenters. The van der Waals surface area contributed by atoms with Crippen LogP contribution in [0.3, 0.4) is 0 Å². The Bertz CT molecular complexity index is 328. The average Bonchev–Trinajstić information content (AvgIpc) is 2.25. The van der Waals surface area contributed by atoms with E-state index in [0.29, 0.717) is 12.0 Å². The molecule has 1 heterocycles. The van der Waals surface area contributed by atoms with Crippen molar-refractivity contribution in [2.75, 3.05) is 0 Å². The van der Waals surface area contributed by atoms with Crippen molar-refractivity contribution in [2.24, 2.45) is 21.4 Å². The van der Waals surface area contributed by atoms with Crippen LogP contribution in [0.1, 0.15) is 27.2 Å². The molecule has 0 aliphatic carbocycles. The van der Waals surface area contributed by atoms with Gasteiger partial charge in [0, 0.05) is 6.72 Å². The number of allylic oxidation sites excluding steroid dienone is 2. The Labute approximate surface area is 98.0 Å². The van der Waals surface area contributed by atoms with E-state index >= 15 is 0 Å². The van der Waals surface area contributed by atoms with Gasteiger partial charge >= 0.3 is 0 Å². The molecule has 0 aromatic heterocycles. The third-order valence-electron chi connectivity index (χ3n) is 3.50. The number of hydrazone groups is 1. The van der Waals surface area contributed by atoms with Gasteiger partial charge in [0.25, 0.3) is 0 Å². The van der Waals surface area contributed by atoms with E-state index in [1.54, 1.807) is 6.08 Å². The fraction of sp³-hybridized carbons (Fsp3) is 0.538. The molecule has 0 saturated carbocycles. The highest BCUT2D eigenvalue weighted by Gasteiger charge is 2.48. The van der Waals surface area contributed by atoms with Crippen molar-refractivity contribution in [3.05, 3.63) is 24.8 Å². The third kappa shape index (κ3) is 2.08. The SMILES string of the molecule is C=C/C=C\CC1N=C(NN=C)[C@@]1(C)C(C)C. The molecule has 0 radical (unpaired) electrons. The minimum atomic E-state index is 0.0761. The van der Waals surface area contributed by atoms with Crippen LogP contribution >= 0.6 is 0 Å². The molecule has 3 nitrogen and oxygen atoms in total. The lowest BCUT2D eigenvalue weighted by Crippen LogP contribution is -2.56. The highest BCUT2D eigenvalue weighted by atomic mass is 15.3. The second-order valence-corrected chi connectivity index (χ2v) is 4.60. The molecular formula is C13H21N3. The first-order chi connectivity index (χ1) is 7.57. The number of nitrogens with one attached hydrogen (secondary N) is 1. The van der Waals surface area contributed by atoms with Crippen LogP contribution in [0.2, 0.25) is 0 Å². The van der Waals surface area contributed by atoms with Crippen molar-refractivity contribution in [3.8, 4) is 0 Å². The smallest absolute Gasteiger partial charge is 0.125 e. The standard InChI is InChI=1S/C13H21N3/c1-6-7-8-9-11-13(4,10(2)3)12(15-11)16-14-5/h6-8,10-11H,1,5,9H2,2-4H3,(H,15,16)/b8-7-/t11?,13-/m0/s1. The molecule has 1 aliphatic rings. The van der Waals surface area contributed by atoms with Gasteiger partial charge in [0.1, 0.15) is 5.84 Å². The minimum Gasteiger partial charge on any atom is -0.266 e. The molecular weight excluding hydrogens is 198 g/mol. The van der Waals surface area contributed by atoms with Crippen molar-refractivity contribution in [2.45, 2.75) is 33.2 Å². The first-order valence-corrected chi connectivity index (χ1v) is 5.65. The van der Waals surface area contributed by atoms with E-state index in [1.807, 2.05) is 6.08 Å². The van der Waals surface area contributed by atoms with E-state index in [0.717, 1.165) is 12.3 Å². The lowest BCUT2D eigenvalue weighted by molar-refractivity contribution is 0.221. The number of nitrogens with zero attached hydrogens (tertiary/aromatic N) is 2. The van der Waals surface area contributed by atoms with Gasteiger partial charge in [-0.05, 0) is 12.3 Å². The first-order valence-electron chi connectivity index (χ1n) is 5.65. The third-order valence-corrected chi connectivity index (χ3v) is 3.50. The highest BCUT2D eigenvalue weighted by Crippen LogP contribution is 2.42. The predicted molar refractivity (Wildman–Crippen MR) is 70.8 cm³/mol. The molecule has 88 valence electrons. The zero-order chi connectivity index (χ0) is 12.2. The van der Waals surface area contributed by atoms with Crippen LogP contribution in [0.15, 0.2) is 34.9 Å². The Morgan fingerprint density at radius 3 is 2.81 bits per heavy atom. The number of aliphatic imine (C=N–C) groups is 1. The summed E-state index contributed by atoms with van der Waals surface area (Å²) >= 11 is 0. The van der Waals surface area contributed by atoms with E-state index < -0.39 is 0 Å². The number of hydrogen-bond donors (Lipinski definition) is 1. The molecule has 1 aliphatic heterocycles. The summed E-state index contributed by atoms with van der Waals surface area (Å²) in [5.41, 5.74) is 2.97. The molecule has 0 amide bonds. The van der Waals surface area contributed by atoms with Crippen LogP contribution in [0.5, 0.6) is 0 Å². The van der Waals surface area contributed by atoms with Gasteiger partial charge in [-0.15, -0.1) is 0 Å². The van der Waals surface area contributed by atoms with Gasteiger partial charge in [0.05, 0.1) is 11.5 Å². The van der Waals surface area contributed by atoms with Crippen molar-refractivity contribution in [1.29, 1.82) is 0 Å². The van der Waals surface area contributed by atoms with Gasteiger partial charge in [-0.25, -0.2) is 0 Å². The topological polar surface area (TPSA) is 36.8 Å². The van der Waals surface area contributed by atoms with Gasteiger partial charge in [0.2, 0.25) is 0 Å². The Hall–Kier alpha value is -1.38. The largest absolute Gasteiger partial charge is 0.266 e. The lowest BCUT2D eigenvalue weighted by Gasteiger charge is -2.46. The van der Waals surface area contributed by atoms with Crippen molar-refractivity contribution >= 4 is 12.6 Å². The first kappa shape index (κ1) is 12.7. The minimum absolute atomic E-state index is 0.0761. The molecule has 0 aromatic carbocycles. The van der Waals surface area contributed by atoms with E-state index in [1.165, 1.54) is 0 Å². The second-order valence-electron chi connectivity index (χ2n) is 4.60. The van der Waals surface area contributed by atoms with Crippen LogP contribution in [-0.2, 0) is 0 Å². The molecule has 2 atom stereocenters. The van der Waals surface area contributed by atoms with Gasteiger partial charge < -0.3 is 0 Å². The Morgan fingerprint density at radius 2 is 2.31 bits per heavy atom. The maximum Gasteiger partial charge on any atom is 0.125 e. The molecule has 3 heteroatoms. The van der Waals surface area contributed by atoms with Gasteiger partial charge in [-0.2, -0.15) is 5.10 Å². The normalized spacial score (nSPS) is 28.8. The van der Waals surface area contributed by atoms with Crippen LogP contribution in [0.4, 0.5) is 0 Å². The van der Waals surface area contributed by atoms with Gasteiger partial charge in [-0.3, -0.25) is 10.4 Å². The van der Waals surface area contributed by atoms with E-state index in [2.05, 4.69) is 55.7 Å². The Kier molecular flexibility index (Phi) is 4.05. The van der Waals surface area contributed by atoms with Crippen LogP contribution < -0.4 is 5.43 Å². The predicted octanol–water partition coefficient (Wildman–Crippen LogP) is 2.77. The lowest BCUT2D eigenvalue weighted by atomic mass is 9.67. The number of rotatable bonds is 5. The van der Waals surface area contributed by atoms with Crippen LogP contribution in [-0.4, -0.2) is 18.6 Å². The maximum atomic E-state index is 4.54. The summed E-state index contributed by atoms with van der Waals surface area (Å²) in [7, 11) is 0. The maximum absolute atomic E-state index is 4.54. The van der Waals surface area contributed by atoms with E-state index in [9.17, 15) is 0 Å². The molecule has 0 saturated heterocycles. The molecule has 1 N–H and O–H groups in total. The molecule has 0 spiro atoms. The molecule has 1 rings (SSSR count). The zero-order valence-electron chi connectivity index (χ0n) is 10.4. The average molecular weight is 219 g/mol. The summed E-state index contributed by atoms with van der Waals surface area (Å²) in [5, 5.41) is 3.70. The summed E-state index contributed by atoms with van der Waals surface area (Å²) in [4.78, 5) is 4.54.